The van der Waals surface area contributed by atoms with Crippen molar-refractivity contribution in [1.82, 2.24) is 15.2 Å². The number of nitrogens with one attached hydrogen (secondary N) is 2. The van der Waals surface area contributed by atoms with Crippen LogP contribution in [0.5, 0.6) is 11.5 Å². The summed E-state index contributed by atoms with van der Waals surface area (Å²) in [4.78, 5) is 47.4. The van der Waals surface area contributed by atoms with Gasteiger partial charge in [0.1, 0.15) is 21.2 Å². The zero-order valence-electron chi connectivity index (χ0n) is 21.1. The fourth-order valence-corrected chi connectivity index (χ4v) is 6.06. The molecule has 39 heavy (non-hydrogen) atoms. The summed E-state index contributed by atoms with van der Waals surface area (Å²) in [6.07, 6.45) is 2.28. The van der Waals surface area contributed by atoms with Crippen LogP contribution in [0.1, 0.15) is 21.7 Å². The van der Waals surface area contributed by atoms with Gasteiger partial charge >= 0.3 is 6.03 Å². The molecule has 0 spiro atoms. The molecule has 1 saturated heterocycles. The summed E-state index contributed by atoms with van der Waals surface area (Å²) in [6.45, 7) is 2.82. The van der Waals surface area contributed by atoms with Crippen LogP contribution in [0.3, 0.4) is 0 Å². The third-order valence-corrected chi connectivity index (χ3v) is 7.99. The van der Waals surface area contributed by atoms with E-state index in [1.165, 1.54) is 11.3 Å². The summed E-state index contributed by atoms with van der Waals surface area (Å²) in [6, 6.07) is 16.3. The number of anilines is 3. The number of para-hydroxylation sites is 1. The van der Waals surface area contributed by atoms with E-state index in [1.807, 2.05) is 55.5 Å². The van der Waals surface area contributed by atoms with Crippen LogP contribution in [0, 0.1) is 6.92 Å². The summed E-state index contributed by atoms with van der Waals surface area (Å²) in [5.41, 5.74) is 8.11. The highest BCUT2D eigenvalue weighted by Crippen LogP contribution is 2.46. The number of amides is 4. The quantitative estimate of drug-likeness (QED) is 0.332. The molecule has 2 aliphatic heterocycles. The molecule has 1 fully saturated rings. The number of carbonyl (C=O) groups is 3. The first kappa shape index (κ1) is 24.8. The Morgan fingerprint density at radius 1 is 1.15 bits per heavy atom. The molecule has 4 aromatic rings. The van der Waals surface area contributed by atoms with Gasteiger partial charge in [0, 0.05) is 25.3 Å². The van der Waals surface area contributed by atoms with E-state index in [-0.39, 0.29) is 30.4 Å². The summed E-state index contributed by atoms with van der Waals surface area (Å²) >= 11 is 1.23. The van der Waals surface area contributed by atoms with Gasteiger partial charge in [-0.05, 0) is 55.3 Å². The van der Waals surface area contributed by atoms with E-state index in [0.717, 1.165) is 11.3 Å². The van der Waals surface area contributed by atoms with Crippen molar-refractivity contribution in [3.63, 3.8) is 0 Å². The second-order valence-corrected chi connectivity index (χ2v) is 10.4. The third-order valence-electron chi connectivity index (χ3n) is 6.89. The number of hydrogen-bond acceptors (Lipinski definition) is 7. The van der Waals surface area contributed by atoms with Crippen molar-refractivity contribution in [3.05, 3.63) is 71.2 Å². The van der Waals surface area contributed by atoms with Gasteiger partial charge in [0.05, 0.1) is 29.0 Å². The average Bonchev–Trinajstić information content (AvgIpc) is 3.55. The van der Waals surface area contributed by atoms with Crippen molar-refractivity contribution in [2.45, 2.75) is 19.4 Å². The Labute approximate surface area is 228 Å². The lowest BCUT2D eigenvalue weighted by atomic mass is 10.1. The lowest BCUT2D eigenvalue weighted by Gasteiger charge is -2.29. The maximum Gasteiger partial charge on any atom is 0.331 e. The first-order valence-electron chi connectivity index (χ1n) is 12.6. The van der Waals surface area contributed by atoms with Gasteiger partial charge in [-0.15, -0.1) is 11.3 Å². The Morgan fingerprint density at radius 2 is 1.97 bits per heavy atom. The number of rotatable bonds is 6. The van der Waals surface area contributed by atoms with Crippen molar-refractivity contribution < 1.29 is 19.1 Å². The standard InChI is InChI=1S/C28H26N6O4S/c1-16-13-19(38-18-5-3-2-4-6-18)7-8-20(16)34-21-9-11-30-27-23(21)24(32-28(34)37)25(39-27)26(36)31-17-10-12-33(15-17)22(35)14-29/h2-9,11,13,17H,10,12,14-15,29H2,1H3,(H,31,36)(H,32,37)/t17-/m1/s1. The average molecular weight is 543 g/mol. The molecule has 0 radical (unpaired) electrons. The van der Waals surface area contributed by atoms with Gasteiger partial charge in [-0.3, -0.25) is 14.5 Å². The Hall–Kier alpha value is -4.48. The van der Waals surface area contributed by atoms with Crippen LogP contribution in [-0.4, -0.2) is 53.4 Å². The van der Waals surface area contributed by atoms with Crippen LogP contribution >= 0.6 is 11.3 Å². The molecule has 198 valence electrons. The predicted octanol–water partition coefficient (Wildman–Crippen LogP) is 4.37. The smallest absolute Gasteiger partial charge is 0.331 e. The molecule has 11 heteroatoms. The Kier molecular flexibility index (Phi) is 6.37. The summed E-state index contributed by atoms with van der Waals surface area (Å²) in [5, 5.41) is 6.65. The number of benzene rings is 2. The minimum atomic E-state index is -0.372. The molecule has 2 aromatic heterocycles. The van der Waals surface area contributed by atoms with Crippen molar-refractivity contribution in [2.75, 3.05) is 29.9 Å². The predicted molar refractivity (Wildman–Crippen MR) is 150 cm³/mol. The summed E-state index contributed by atoms with van der Waals surface area (Å²) in [5.74, 6) is 0.938. The molecule has 2 aromatic carbocycles. The van der Waals surface area contributed by atoms with Crippen molar-refractivity contribution in [1.29, 1.82) is 0 Å². The number of hydrogen-bond donors (Lipinski definition) is 3. The van der Waals surface area contributed by atoms with Crippen LogP contribution in [0.25, 0.3) is 10.2 Å². The van der Waals surface area contributed by atoms with Crippen LogP contribution in [0.2, 0.25) is 0 Å². The largest absolute Gasteiger partial charge is 0.457 e. The Bertz CT molecular complexity index is 1600. The van der Waals surface area contributed by atoms with Crippen LogP contribution < -0.4 is 26.0 Å². The molecular formula is C28H26N6O4S. The molecule has 0 saturated carbocycles. The van der Waals surface area contributed by atoms with Gasteiger partial charge in [-0.1, -0.05) is 18.2 Å². The van der Waals surface area contributed by atoms with E-state index in [9.17, 15) is 14.4 Å². The molecule has 4 amide bonds. The van der Waals surface area contributed by atoms with E-state index in [0.29, 0.717) is 57.4 Å². The topological polar surface area (TPSA) is 130 Å². The third kappa shape index (κ3) is 4.55. The van der Waals surface area contributed by atoms with Crippen LogP contribution in [-0.2, 0) is 4.79 Å². The number of pyridine rings is 1. The highest BCUT2D eigenvalue weighted by Gasteiger charge is 2.34. The number of likely N-dealkylation sites (tertiary alicyclic amines) is 1. The minimum Gasteiger partial charge on any atom is -0.457 e. The van der Waals surface area contributed by atoms with Gasteiger partial charge in [0.2, 0.25) is 5.91 Å². The summed E-state index contributed by atoms with van der Waals surface area (Å²) in [7, 11) is 0. The molecule has 2 aliphatic rings. The molecule has 1 atom stereocenters. The second-order valence-electron chi connectivity index (χ2n) is 9.45. The van der Waals surface area contributed by atoms with Crippen molar-refractivity contribution in [3.8, 4) is 11.5 Å². The lowest BCUT2D eigenvalue weighted by molar-refractivity contribution is -0.128. The number of aromatic nitrogens is 1. The molecule has 10 nitrogen and oxygen atoms in total. The number of urea groups is 1. The zero-order chi connectivity index (χ0) is 27.1. The van der Waals surface area contributed by atoms with Gasteiger partial charge in [-0.25, -0.2) is 9.78 Å². The highest BCUT2D eigenvalue weighted by atomic mass is 32.1. The first-order valence-corrected chi connectivity index (χ1v) is 13.4. The van der Waals surface area contributed by atoms with E-state index in [1.54, 1.807) is 22.1 Å². The van der Waals surface area contributed by atoms with Crippen LogP contribution in [0.15, 0.2) is 60.8 Å². The number of nitrogens with two attached hydrogens (primary N) is 1. The number of thiophene rings is 1. The monoisotopic (exact) mass is 542 g/mol. The molecule has 6 rings (SSSR count). The molecule has 4 heterocycles. The maximum atomic E-state index is 13.5. The SMILES string of the molecule is Cc1cc(Oc2ccccc2)ccc1N1C(=O)Nc2c(C(=O)N[C@@H]3CCN(C(=O)CN)C3)sc3nccc1c23. The zero-order valence-corrected chi connectivity index (χ0v) is 22.0. The van der Waals surface area contributed by atoms with E-state index >= 15 is 0 Å². The number of carbonyl (C=O) groups excluding carboxylic acids is 3. The van der Waals surface area contributed by atoms with E-state index in [2.05, 4.69) is 15.6 Å². The molecular weight excluding hydrogens is 516 g/mol. The Morgan fingerprint density at radius 3 is 2.74 bits per heavy atom. The minimum absolute atomic E-state index is 0.0552. The van der Waals surface area contributed by atoms with Gasteiger partial charge in [0.15, 0.2) is 0 Å². The molecule has 0 aliphatic carbocycles. The molecule has 0 unspecified atom stereocenters. The molecule has 4 N–H and O–H groups in total. The van der Waals surface area contributed by atoms with Crippen molar-refractivity contribution >= 4 is 56.5 Å². The number of ether oxygens (including phenoxy) is 1. The van der Waals surface area contributed by atoms with Gasteiger partial charge in [-0.2, -0.15) is 0 Å². The first-order chi connectivity index (χ1) is 18.9. The Balaban J connectivity index is 1.29. The normalized spacial score (nSPS) is 16.4. The molecule has 0 bridgehead atoms. The second kappa shape index (κ2) is 10.0. The van der Waals surface area contributed by atoms with Crippen LogP contribution in [0.4, 0.5) is 21.9 Å². The maximum absolute atomic E-state index is 13.5. The highest BCUT2D eigenvalue weighted by molar-refractivity contribution is 7.21. The van der Waals surface area contributed by atoms with Gasteiger partial charge < -0.3 is 26.0 Å². The van der Waals surface area contributed by atoms with E-state index in [4.69, 9.17) is 10.5 Å². The summed E-state index contributed by atoms with van der Waals surface area (Å²) < 4.78 is 5.95. The van der Waals surface area contributed by atoms with Gasteiger partial charge in [0.25, 0.3) is 5.91 Å². The number of nitrogens with zero attached hydrogens (tertiary/aromatic N) is 3. The fourth-order valence-electron chi connectivity index (χ4n) is 5.04. The lowest BCUT2D eigenvalue weighted by Crippen LogP contribution is -2.40. The number of aryl methyl sites for hydroxylation is 1. The van der Waals surface area contributed by atoms with Crippen molar-refractivity contribution in [2.24, 2.45) is 5.73 Å². The van der Waals surface area contributed by atoms with E-state index < -0.39 is 0 Å². The fraction of sp³-hybridized carbons (Fsp3) is 0.214.